The van der Waals surface area contributed by atoms with Crippen molar-refractivity contribution in [1.82, 2.24) is 0 Å². The fourth-order valence-electron chi connectivity index (χ4n) is 3.27. The number of fused-ring (bicyclic) bond motifs is 2. The Morgan fingerprint density at radius 1 is 0.919 bits per heavy atom. The van der Waals surface area contributed by atoms with Gasteiger partial charge in [0, 0.05) is 0 Å². The normalized spacial score (nSPS) is 14.1. The average molecular weight is 527 g/mol. The van der Waals surface area contributed by atoms with Gasteiger partial charge in [-0.05, 0) is 56.2 Å². The number of esters is 1. The van der Waals surface area contributed by atoms with E-state index in [2.05, 4.69) is 10.6 Å². The number of rotatable bonds is 5. The summed E-state index contributed by atoms with van der Waals surface area (Å²) in [4.78, 5) is 44.6. The van der Waals surface area contributed by atoms with E-state index in [1.54, 1.807) is 57.2 Å². The maximum absolute atomic E-state index is 11.6. The Balaban J connectivity index is 0.000000651. The molecular weight excluding hydrogens is 495 g/mol. The fourth-order valence-corrected chi connectivity index (χ4v) is 3.27. The topological polar surface area (TPSA) is 170 Å². The average Bonchev–Trinajstić information content (AvgIpc) is 2.83. The van der Waals surface area contributed by atoms with Crippen molar-refractivity contribution in [2.24, 2.45) is 0 Å². The molecule has 2 aliphatic rings. The zero-order valence-corrected chi connectivity index (χ0v) is 22.5. The number of carboxylic acids is 1. The number of ether oxygens (including phenoxy) is 3. The molecule has 2 heterocycles. The van der Waals surface area contributed by atoms with Crippen molar-refractivity contribution in [1.29, 1.82) is 0 Å². The molecule has 0 radical (unpaired) electrons. The first-order valence-corrected chi connectivity index (χ1v) is 10.7. The molecule has 0 saturated carbocycles. The van der Waals surface area contributed by atoms with Gasteiger partial charge in [0.2, 0.25) is 0 Å². The molecule has 2 aliphatic heterocycles. The summed E-state index contributed by atoms with van der Waals surface area (Å²) in [5.41, 5.74) is 2.68. The second-order valence-corrected chi connectivity index (χ2v) is 7.72. The van der Waals surface area contributed by atoms with Gasteiger partial charge in [0.05, 0.1) is 29.8 Å². The van der Waals surface area contributed by atoms with Crippen LogP contribution >= 0.6 is 0 Å². The first-order valence-electron chi connectivity index (χ1n) is 10.7. The summed E-state index contributed by atoms with van der Waals surface area (Å²) < 4.78 is 15.5. The van der Waals surface area contributed by atoms with Crippen LogP contribution in [0.25, 0.3) is 0 Å². The molecule has 0 spiro atoms. The van der Waals surface area contributed by atoms with Crippen molar-refractivity contribution in [3.05, 3.63) is 47.5 Å². The van der Waals surface area contributed by atoms with Crippen LogP contribution in [0.15, 0.2) is 36.4 Å². The number of anilines is 2. The molecule has 11 nitrogen and oxygen atoms in total. The molecule has 2 aromatic rings. The zero-order valence-electron chi connectivity index (χ0n) is 20.5. The van der Waals surface area contributed by atoms with Gasteiger partial charge in [0.1, 0.15) is 11.5 Å². The predicted octanol–water partition coefficient (Wildman–Crippen LogP) is 0.353. The fraction of sp³-hybridized carbons (Fsp3) is 0.360. The summed E-state index contributed by atoms with van der Waals surface area (Å²) in [7, 11) is 0. The Morgan fingerprint density at radius 2 is 1.35 bits per heavy atom. The summed E-state index contributed by atoms with van der Waals surface area (Å²) in [6.07, 6.45) is 0. The van der Waals surface area contributed by atoms with Crippen molar-refractivity contribution in [2.45, 2.75) is 40.0 Å². The third-order valence-electron chi connectivity index (χ3n) is 5.29. The molecule has 2 atom stereocenters. The Hall–Kier alpha value is -3.12. The van der Waals surface area contributed by atoms with E-state index >= 15 is 0 Å². The van der Waals surface area contributed by atoms with Crippen LogP contribution in [0.4, 0.5) is 11.4 Å². The number of hydrogen-bond donors (Lipinski definition) is 3. The first-order chi connectivity index (χ1) is 16.2. The number of carbonyl (C=O) groups is 4. The van der Waals surface area contributed by atoms with Crippen molar-refractivity contribution < 1.29 is 73.5 Å². The zero-order chi connectivity index (χ0) is 24.8. The largest absolute Gasteiger partial charge is 1.00 e. The Bertz CT molecular complexity index is 1120. The first kappa shape index (κ1) is 33.9. The van der Waals surface area contributed by atoms with E-state index in [9.17, 15) is 19.2 Å². The molecule has 12 heteroatoms. The third kappa shape index (κ3) is 8.74. The summed E-state index contributed by atoms with van der Waals surface area (Å²) in [5.74, 6) is -1.37. The minimum atomic E-state index is -0.889. The van der Waals surface area contributed by atoms with Gasteiger partial charge >= 0.3 is 41.5 Å². The van der Waals surface area contributed by atoms with E-state index in [1.807, 2.05) is 0 Å². The van der Waals surface area contributed by atoms with Gasteiger partial charge in [-0.1, -0.05) is 19.6 Å². The predicted molar refractivity (Wildman–Crippen MR) is 131 cm³/mol. The third-order valence-corrected chi connectivity index (χ3v) is 5.29. The van der Waals surface area contributed by atoms with Gasteiger partial charge in [0.25, 0.3) is 11.8 Å². The van der Waals surface area contributed by atoms with Gasteiger partial charge < -0.3 is 35.4 Å². The smallest absolute Gasteiger partial charge is 0.870 e. The van der Waals surface area contributed by atoms with Crippen molar-refractivity contribution in [2.75, 3.05) is 30.5 Å². The molecule has 0 aliphatic carbocycles. The number of amides is 2. The summed E-state index contributed by atoms with van der Waals surface area (Å²) >= 11 is 0. The van der Waals surface area contributed by atoms with Crippen LogP contribution in [0.5, 0.6) is 11.5 Å². The monoisotopic (exact) mass is 526 g/mol. The van der Waals surface area contributed by atoms with Crippen LogP contribution in [0.2, 0.25) is 0 Å². The van der Waals surface area contributed by atoms with Crippen LogP contribution in [0.1, 0.15) is 51.2 Å². The molecular formula is C25H31N2NaO9. The summed E-state index contributed by atoms with van der Waals surface area (Å²) in [5, 5.41) is 14.2. The molecule has 4 N–H and O–H groups in total. The van der Waals surface area contributed by atoms with E-state index in [-0.39, 0.29) is 79.4 Å². The Labute approximate surface area is 237 Å². The minimum Gasteiger partial charge on any atom is -0.870 e. The number of benzene rings is 2. The van der Waals surface area contributed by atoms with E-state index in [0.717, 1.165) is 5.56 Å². The Morgan fingerprint density at radius 3 is 1.76 bits per heavy atom. The molecule has 0 fully saturated rings. The van der Waals surface area contributed by atoms with Crippen LogP contribution in [0, 0.1) is 0 Å². The summed E-state index contributed by atoms with van der Waals surface area (Å²) in [6, 6.07) is 10.3. The number of carbonyl (C=O) groups excluding carboxylic acids is 3. The van der Waals surface area contributed by atoms with Crippen LogP contribution < -0.4 is 49.7 Å². The van der Waals surface area contributed by atoms with Gasteiger partial charge in [0.15, 0.2) is 13.2 Å². The molecule has 2 unspecified atom stereocenters. The van der Waals surface area contributed by atoms with Crippen LogP contribution in [0.3, 0.4) is 0 Å². The minimum absolute atomic E-state index is 0. The van der Waals surface area contributed by atoms with E-state index < -0.39 is 11.9 Å². The quantitative estimate of drug-likeness (QED) is 0.367. The second-order valence-electron chi connectivity index (χ2n) is 7.72. The molecule has 0 saturated heterocycles. The van der Waals surface area contributed by atoms with Crippen molar-refractivity contribution in [3.8, 4) is 11.5 Å². The SMILES string of the molecule is C.CC(C(=O)O)c1ccc2c(c1)OCC(=O)N2.CCOC(=O)C(C)c1ccc2c(c1)OCC(=O)N2.[Na+].[OH-]. The van der Waals surface area contributed by atoms with Crippen molar-refractivity contribution in [3.63, 3.8) is 0 Å². The maximum atomic E-state index is 11.6. The van der Waals surface area contributed by atoms with Crippen LogP contribution in [-0.2, 0) is 23.9 Å². The molecule has 196 valence electrons. The van der Waals surface area contributed by atoms with Gasteiger partial charge in [-0.2, -0.15) is 0 Å². The molecule has 0 bridgehead atoms. The van der Waals surface area contributed by atoms with Gasteiger partial charge in [-0.3, -0.25) is 19.2 Å². The molecule has 37 heavy (non-hydrogen) atoms. The van der Waals surface area contributed by atoms with E-state index in [1.165, 1.54) is 0 Å². The van der Waals surface area contributed by atoms with Gasteiger partial charge in [-0.25, -0.2) is 0 Å². The number of aliphatic carboxylic acids is 1. The maximum Gasteiger partial charge on any atom is 1.00 e. The van der Waals surface area contributed by atoms with Crippen LogP contribution in [-0.4, -0.2) is 54.2 Å². The molecule has 2 aromatic carbocycles. The van der Waals surface area contributed by atoms with E-state index in [0.29, 0.717) is 35.0 Å². The van der Waals surface area contributed by atoms with E-state index in [4.69, 9.17) is 19.3 Å². The molecule has 4 rings (SSSR count). The van der Waals surface area contributed by atoms with Crippen molar-refractivity contribution >= 4 is 35.1 Å². The second kappa shape index (κ2) is 15.2. The standard InChI is InChI=1S/C13H15NO4.C11H11NO4.CH4.Na.H2O/c1-3-17-13(16)8(2)9-4-5-10-11(6-9)18-7-12(15)14-10;1-6(11(14)15)7-2-3-8-9(4-7)16-5-10(13)12-8;;;/h4-6,8H,3,7H2,1-2H3,(H,14,15);2-4,6H,5H2,1H3,(H,12,13)(H,14,15);1H4;;1H2/q;;;+1;/p-1. The Kier molecular flexibility index (Phi) is 13.9. The van der Waals surface area contributed by atoms with Gasteiger partial charge in [-0.15, -0.1) is 0 Å². The summed E-state index contributed by atoms with van der Waals surface area (Å²) in [6.45, 7) is 5.49. The molecule has 0 aromatic heterocycles. The molecule has 2 amide bonds. The number of carboxylic acid groups (broad SMARTS) is 1. The number of nitrogens with one attached hydrogen (secondary N) is 2. The number of hydrogen-bond acceptors (Lipinski definition) is 8.